The summed E-state index contributed by atoms with van der Waals surface area (Å²) >= 11 is 3.43. The van der Waals surface area contributed by atoms with Crippen molar-refractivity contribution in [3.63, 3.8) is 0 Å². The van der Waals surface area contributed by atoms with Crippen LogP contribution in [-0.2, 0) is 0 Å². The van der Waals surface area contributed by atoms with Gasteiger partial charge >= 0.3 is 0 Å². The maximum Gasteiger partial charge on any atom is 0.253 e. The molecule has 0 aliphatic heterocycles. The first-order valence-corrected chi connectivity index (χ1v) is 8.05. The normalized spacial score (nSPS) is 11.7. The summed E-state index contributed by atoms with van der Waals surface area (Å²) in [6.07, 6.45) is 3.50. The van der Waals surface area contributed by atoms with Crippen molar-refractivity contribution >= 4 is 21.8 Å². The van der Waals surface area contributed by atoms with E-state index in [9.17, 15) is 4.79 Å². The molecule has 0 aliphatic carbocycles. The molecule has 3 nitrogen and oxygen atoms in total. The molecule has 1 N–H and O–H groups in total. The summed E-state index contributed by atoms with van der Waals surface area (Å²) in [4.78, 5) is 16.8. The van der Waals surface area contributed by atoms with E-state index in [1.807, 2.05) is 60.7 Å². The number of nitrogens with zero attached hydrogens (tertiary/aromatic N) is 1. The molecule has 0 fully saturated rings. The molecular weight excluding hydrogens is 352 g/mol. The van der Waals surface area contributed by atoms with Crippen LogP contribution in [0, 0.1) is 0 Å². The zero-order valence-corrected chi connectivity index (χ0v) is 13.9. The summed E-state index contributed by atoms with van der Waals surface area (Å²) in [6, 6.07) is 20.9. The molecule has 1 unspecified atom stereocenters. The molecule has 1 aromatic heterocycles. The Kier molecular flexibility index (Phi) is 4.83. The Morgan fingerprint density at radius 3 is 2.30 bits per heavy atom. The predicted molar refractivity (Wildman–Crippen MR) is 94.1 cm³/mol. The Morgan fingerprint density at radius 1 is 0.913 bits per heavy atom. The van der Waals surface area contributed by atoms with Gasteiger partial charge in [0.1, 0.15) is 0 Å². The molecule has 4 heteroatoms. The Balaban J connectivity index is 1.94. The van der Waals surface area contributed by atoms with Gasteiger partial charge < -0.3 is 5.32 Å². The maximum absolute atomic E-state index is 12.7. The number of amides is 1. The molecule has 0 bridgehead atoms. The van der Waals surface area contributed by atoms with Crippen molar-refractivity contribution in [3.05, 3.63) is 100 Å². The van der Waals surface area contributed by atoms with Crippen LogP contribution >= 0.6 is 15.9 Å². The van der Waals surface area contributed by atoms with Crippen molar-refractivity contribution in [2.24, 2.45) is 0 Å². The van der Waals surface area contributed by atoms with Gasteiger partial charge in [-0.2, -0.15) is 0 Å². The Hall–Kier alpha value is -2.46. The first-order chi connectivity index (χ1) is 11.3. The van der Waals surface area contributed by atoms with Gasteiger partial charge in [0.15, 0.2) is 0 Å². The van der Waals surface area contributed by atoms with Gasteiger partial charge in [0.2, 0.25) is 0 Å². The zero-order chi connectivity index (χ0) is 16.1. The Labute approximate surface area is 143 Å². The maximum atomic E-state index is 12.7. The van der Waals surface area contributed by atoms with Gasteiger partial charge in [0, 0.05) is 16.9 Å². The molecule has 1 heterocycles. The number of nitrogens with one attached hydrogen (secondary N) is 1. The van der Waals surface area contributed by atoms with E-state index in [-0.39, 0.29) is 11.9 Å². The third-order valence-corrected chi connectivity index (χ3v) is 4.24. The van der Waals surface area contributed by atoms with Crippen molar-refractivity contribution in [3.8, 4) is 0 Å². The summed E-state index contributed by atoms with van der Waals surface area (Å²) in [7, 11) is 0. The second-order valence-electron chi connectivity index (χ2n) is 5.08. The molecule has 0 radical (unpaired) electrons. The summed E-state index contributed by atoms with van der Waals surface area (Å²) in [6.45, 7) is 0. The van der Waals surface area contributed by atoms with Crippen LogP contribution in [0.5, 0.6) is 0 Å². The monoisotopic (exact) mass is 366 g/mol. The number of hydrogen-bond acceptors (Lipinski definition) is 2. The zero-order valence-electron chi connectivity index (χ0n) is 12.3. The van der Waals surface area contributed by atoms with Crippen LogP contribution in [0.2, 0.25) is 0 Å². The van der Waals surface area contributed by atoms with E-state index in [0.717, 1.165) is 15.6 Å². The third kappa shape index (κ3) is 3.66. The van der Waals surface area contributed by atoms with Crippen molar-refractivity contribution in [1.82, 2.24) is 10.3 Å². The smallest absolute Gasteiger partial charge is 0.253 e. The summed E-state index contributed by atoms with van der Waals surface area (Å²) in [5, 5.41) is 3.10. The fourth-order valence-electron chi connectivity index (χ4n) is 2.41. The van der Waals surface area contributed by atoms with Crippen LogP contribution in [0.4, 0.5) is 0 Å². The second kappa shape index (κ2) is 7.20. The van der Waals surface area contributed by atoms with Gasteiger partial charge in [0.25, 0.3) is 5.91 Å². The van der Waals surface area contributed by atoms with E-state index in [1.165, 1.54) is 0 Å². The number of carbonyl (C=O) groups excluding carboxylic acids is 1. The van der Waals surface area contributed by atoms with Crippen LogP contribution < -0.4 is 5.32 Å². The number of pyridine rings is 1. The lowest BCUT2D eigenvalue weighted by Crippen LogP contribution is -2.29. The molecule has 0 saturated carbocycles. The van der Waals surface area contributed by atoms with E-state index < -0.39 is 0 Å². The lowest BCUT2D eigenvalue weighted by atomic mass is 9.99. The van der Waals surface area contributed by atoms with Gasteiger partial charge in [-0.25, -0.2) is 0 Å². The number of rotatable bonds is 4. The molecule has 2 aromatic carbocycles. The van der Waals surface area contributed by atoms with Crippen molar-refractivity contribution in [2.45, 2.75) is 6.04 Å². The van der Waals surface area contributed by atoms with Crippen LogP contribution in [0.25, 0.3) is 0 Å². The number of benzene rings is 2. The van der Waals surface area contributed by atoms with Gasteiger partial charge in [-0.1, -0.05) is 48.5 Å². The average molecular weight is 367 g/mol. The average Bonchev–Trinajstić information content (AvgIpc) is 2.61. The van der Waals surface area contributed by atoms with E-state index in [1.54, 1.807) is 18.5 Å². The lowest BCUT2D eigenvalue weighted by Gasteiger charge is -2.20. The van der Waals surface area contributed by atoms with Crippen LogP contribution in [0.15, 0.2) is 83.6 Å². The number of hydrogen-bond donors (Lipinski definition) is 1. The molecule has 3 rings (SSSR count). The number of halogens is 1. The van der Waals surface area contributed by atoms with Crippen molar-refractivity contribution in [2.75, 3.05) is 0 Å². The molecule has 1 atom stereocenters. The third-order valence-electron chi connectivity index (χ3n) is 3.54. The van der Waals surface area contributed by atoms with Gasteiger partial charge in [-0.3, -0.25) is 9.78 Å². The van der Waals surface area contributed by atoms with E-state index in [4.69, 9.17) is 0 Å². The summed E-state index contributed by atoms with van der Waals surface area (Å²) in [5.74, 6) is -0.129. The van der Waals surface area contributed by atoms with Gasteiger partial charge in [-0.15, -0.1) is 0 Å². The highest BCUT2D eigenvalue weighted by Gasteiger charge is 2.19. The van der Waals surface area contributed by atoms with Crippen molar-refractivity contribution < 1.29 is 4.79 Å². The molecule has 114 valence electrons. The Bertz CT molecular complexity index is 751. The molecular formula is C19H15BrN2O. The second-order valence-corrected chi connectivity index (χ2v) is 5.94. The van der Waals surface area contributed by atoms with E-state index in [2.05, 4.69) is 26.2 Å². The minimum atomic E-state index is -0.246. The standard InChI is InChI=1S/C19H15BrN2O/c20-17-11-5-4-10-16(17)19(23)22-18(14-7-2-1-3-8-14)15-9-6-12-21-13-15/h1-13,18H,(H,22,23). The quantitative estimate of drug-likeness (QED) is 0.744. The summed E-state index contributed by atoms with van der Waals surface area (Å²) < 4.78 is 0.774. The highest BCUT2D eigenvalue weighted by molar-refractivity contribution is 9.10. The highest BCUT2D eigenvalue weighted by Crippen LogP contribution is 2.23. The fraction of sp³-hybridized carbons (Fsp3) is 0.0526. The van der Waals surface area contributed by atoms with Crippen LogP contribution in [0.3, 0.4) is 0 Å². The van der Waals surface area contributed by atoms with Crippen LogP contribution in [-0.4, -0.2) is 10.9 Å². The largest absolute Gasteiger partial charge is 0.341 e. The molecule has 0 aliphatic rings. The van der Waals surface area contributed by atoms with Crippen molar-refractivity contribution in [1.29, 1.82) is 0 Å². The van der Waals surface area contributed by atoms with Gasteiger partial charge in [0.05, 0.1) is 11.6 Å². The number of aromatic nitrogens is 1. The highest BCUT2D eigenvalue weighted by atomic mass is 79.9. The van der Waals surface area contributed by atoms with Crippen LogP contribution in [0.1, 0.15) is 27.5 Å². The minimum absolute atomic E-state index is 0.129. The SMILES string of the molecule is O=C(NC(c1ccccc1)c1cccnc1)c1ccccc1Br. The van der Waals surface area contributed by atoms with Gasteiger partial charge in [-0.05, 0) is 45.3 Å². The summed E-state index contributed by atoms with van der Waals surface area (Å²) in [5.41, 5.74) is 2.57. The minimum Gasteiger partial charge on any atom is -0.341 e. The molecule has 1 amide bonds. The van der Waals surface area contributed by atoms with E-state index in [0.29, 0.717) is 5.56 Å². The first kappa shape index (κ1) is 15.4. The molecule has 3 aromatic rings. The molecule has 0 spiro atoms. The first-order valence-electron chi connectivity index (χ1n) is 7.26. The predicted octanol–water partition coefficient (Wildman–Crippen LogP) is 4.36. The topological polar surface area (TPSA) is 42.0 Å². The Morgan fingerprint density at radius 2 is 1.61 bits per heavy atom. The van der Waals surface area contributed by atoms with E-state index >= 15 is 0 Å². The fourth-order valence-corrected chi connectivity index (χ4v) is 2.87. The molecule has 23 heavy (non-hydrogen) atoms. The lowest BCUT2D eigenvalue weighted by molar-refractivity contribution is 0.0942. The number of carbonyl (C=O) groups is 1. The molecule has 0 saturated heterocycles.